The van der Waals surface area contributed by atoms with E-state index >= 15 is 0 Å². The number of hydrogen-bond acceptors (Lipinski definition) is 3. The second-order valence-corrected chi connectivity index (χ2v) is 5.48. The number of para-hydroxylation sites is 1. The van der Waals surface area contributed by atoms with Gasteiger partial charge in [0.15, 0.2) is 5.82 Å². The number of benzene rings is 2. The van der Waals surface area contributed by atoms with Crippen LogP contribution in [0.5, 0.6) is 0 Å². The molecule has 0 radical (unpaired) electrons. The number of amides is 1. The molecule has 0 bridgehead atoms. The van der Waals surface area contributed by atoms with Gasteiger partial charge < -0.3 is 5.32 Å². The highest BCUT2D eigenvalue weighted by Gasteiger charge is 2.18. The summed E-state index contributed by atoms with van der Waals surface area (Å²) in [5, 5.41) is 7.30. The molecule has 0 saturated heterocycles. The van der Waals surface area contributed by atoms with E-state index in [0.717, 1.165) is 24.1 Å². The Bertz CT molecular complexity index is 740. The van der Waals surface area contributed by atoms with Gasteiger partial charge in [-0.25, -0.2) is 9.67 Å². The number of hydrogen-bond donors (Lipinski definition) is 1. The van der Waals surface area contributed by atoms with Crippen LogP contribution in [-0.2, 0) is 0 Å². The lowest BCUT2D eigenvalue weighted by molar-refractivity contribution is 0.0943. The Morgan fingerprint density at radius 1 is 1.04 bits per heavy atom. The topological polar surface area (TPSA) is 59.8 Å². The molecule has 0 atom stereocenters. The molecule has 0 unspecified atom stereocenters. The average molecular weight is 320 g/mol. The number of nitrogens with one attached hydrogen (secondary N) is 1. The van der Waals surface area contributed by atoms with Gasteiger partial charge in [-0.2, -0.15) is 0 Å². The SMILES string of the molecule is CCCCNC(=O)c1nc(-c2ccccc2)n(-c2ccccc2)n1. The quantitative estimate of drug-likeness (QED) is 0.708. The van der Waals surface area contributed by atoms with Crippen molar-refractivity contribution >= 4 is 5.91 Å². The van der Waals surface area contributed by atoms with E-state index in [1.54, 1.807) is 4.68 Å². The van der Waals surface area contributed by atoms with Crippen LogP contribution in [0.2, 0.25) is 0 Å². The minimum Gasteiger partial charge on any atom is -0.349 e. The summed E-state index contributed by atoms with van der Waals surface area (Å²) < 4.78 is 1.71. The molecule has 122 valence electrons. The highest BCUT2D eigenvalue weighted by molar-refractivity contribution is 5.91. The third kappa shape index (κ3) is 3.51. The fourth-order valence-electron chi connectivity index (χ4n) is 2.39. The normalized spacial score (nSPS) is 10.5. The van der Waals surface area contributed by atoms with Crippen molar-refractivity contribution < 1.29 is 4.79 Å². The maximum absolute atomic E-state index is 12.3. The van der Waals surface area contributed by atoms with Crippen LogP contribution >= 0.6 is 0 Å². The molecule has 0 fully saturated rings. The van der Waals surface area contributed by atoms with Crippen molar-refractivity contribution in [3.63, 3.8) is 0 Å². The number of unbranched alkanes of at least 4 members (excludes halogenated alkanes) is 1. The number of carbonyl (C=O) groups is 1. The largest absolute Gasteiger partial charge is 0.349 e. The zero-order valence-electron chi connectivity index (χ0n) is 13.6. The first kappa shape index (κ1) is 15.9. The van der Waals surface area contributed by atoms with Gasteiger partial charge >= 0.3 is 0 Å². The summed E-state index contributed by atoms with van der Waals surface area (Å²) >= 11 is 0. The van der Waals surface area contributed by atoms with E-state index in [2.05, 4.69) is 22.3 Å². The van der Waals surface area contributed by atoms with Crippen molar-refractivity contribution in [2.24, 2.45) is 0 Å². The zero-order valence-corrected chi connectivity index (χ0v) is 13.6. The number of carbonyl (C=O) groups excluding carboxylic acids is 1. The van der Waals surface area contributed by atoms with Gasteiger partial charge in [-0.15, -0.1) is 5.10 Å². The lowest BCUT2D eigenvalue weighted by atomic mass is 10.2. The molecule has 3 aromatic rings. The van der Waals surface area contributed by atoms with E-state index in [9.17, 15) is 4.79 Å². The molecule has 1 heterocycles. The average Bonchev–Trinajstić information content (AvgIpc) is 3.09. The minimum atomic E-state index is -0.240. The van der Waals surface area contributed by atoms with Crippen molar-refractivity contribution in [3.8, 4) is 17.1 Å². The smallest absolute Gasteiger partial charge is 0.290 e. The summed E-state index contributed by atoms with van der Waals surface area (Å²) in [5.41, 5.74) is 1.79. The molecule has 0 saturated carbocycles. The summed E-state index contributed by atoms with van der Waals surface area (Å²) in [6.45, 7) is 2.72. The van der Waals surface area contributed by atoms with Crippen LogP contribution in [0.1, 0.15) is 30.4 Å². The molecular weight excluding hydrogens is 300 g/mol. The molecule has 0 aliphatic rings. The summed E-state index contributed by atoms with van der Waals surface area (Å²) in [6.07, 6.45) is 1.97. The summed E-state index contributed by atoms with van der Waals surface area (Å²) in [5.74, 6) is 0.603. The van der Waals surface area contributed by atoms with Gasteiger partial charge in [0.25, 0.3) is 5.91 Å². The molecule has 1 aromatic heterocycles. The summed E-state index contributed by atoms with van der Waals surface area (Å²) in [6, 6.07) is 19.5. The Morgan fingerprint density at radius 2 is 1.71 bits per heavy atom. The van der Waals surface area contributed by atoms with Gasteiger partial charge in [0, 0.05) is 12.1 Å². The maximum atomic E-state index is 12.3. The molecule has 0 aliphatic carbocycles. The fourth-order valence-corrected chi connectivity index (χ4v) is 2.39. The van der Waals surface area contributed by atoms with E-state index in [1.807, 2.05) is 60.7 Å². The fraction of sp³-hybridized carbons (Fsp3) is 0.211. The van der Waals surface area contributed by atoms with E-state index in [-0.39, 0.29) is 11.7 Å². The van der Waals surface area contributed by atoms with Gasteiger partial charge in [-0.05, 0) is 18.6 Å². The van der Waals surface area contributed by atoms with Crippen LogP contribution < -0.4 is 5.32 Å². The molecule has 5 heteroatoms. The van der Waals surface area contributed by atoms with E-state index < -0.39 is 0 Å². The molecule has 2 aromatic carbocycles. The van der Waals surface area contributed by atoms with Gasteiger partial charge in [-0.3, -0.25) is 4.79 Å². The van der Waals surface area contributed by atoms with E-state index in [4.69, 9.17) is 0 Å². The lowest BCUT2D eigenvalue weighted by Gasteiger charge is -2.05. The molecular formula is C19H20N4O. The third-order valence-electron chi connectivity index (χ3n) is 3.66. The number of nitrogens with zero attached hydrogens (tertiary/aromatic N) is 3. The van der Waals surface area contributed by atoms with Crippen molar-refractivity contribution in [1.82, 2.24) is 20.1 Å². The second-order valence-electron chi connectivity index (χ2n) is 5.48. The zero-order chi connectivity index (χ0) is 16.8. The van der Waals surface area contributed by atoms with Gasteiger partial charge in [0.2, 0.25) is 5.82 Å². The number of rotatable bonds is 6. The molecule has 0 aliphatic heterocycles. The summed E-state index contributed by atoms with van der Waals surface area (Å²) in [4.78, 5) is 16.8. The van der Waals surface area contributed by atoms with Crippen LogP contribution in [0.25, 0.3) is 17.1 Å². The van der Waals surface area contributed by atoms with Gasteiger partial charge in [-0.1, -0.05) is 61.9 Å². The molecule has 5 nitrogen and oxygen atoms in total. The molecule has 1 amide bonds. The number of aromatic nitrogens is 3. The van der Waals surface area contributed by atoms with Crippen LogP contribution in [0, 0.1) is 0 Å². The highest BCUT2D eigenvalue weighted by atomic mass is 16.2. The predicted molar refractivity (Wildman–Crippen MR) is 94.0 cm³/mol. The highest BCUT2D eigenvalue weighted by Crippen LogP contribution is 2.20. The molecule has 3 rings (SSSR count). The van der Waals surface area contributed by atoms with Crippen LogP contribution in [0.3, 0.4) is 0 Å². The Hall–Kier alpha value is -2.95. The molecule has 1 N–H and O–H groups in total. The first-order valence-electron chi connectivity index (χ1n) is 8.15. The molecule has 0 spiro atoms. The monoisotopic (exact) mass is 320 g/mol. The van der Waals surface area contributed by atoms with E-state index in [1.165, 1.54) is 0 Å². The minimum absolute atomic E-state index is 0.189. The van der Waals surface area contributed by atoms with Crippen molar-refractivity contribution in [1.29, 1.82) is 0 Å². The van der Waals surface area contributed by atoms with Crippen molar-refractivity contribution in [3.05, 3.63) is 66.5 Å². The summed E-state index contributed by atoms with van der Waals surface area (Å²) in [7, 11) is 0. The first-order chi connectivity index (χ1) is 11.8. The second kappa shape index (κ2) is 7.55. The van der Waals surface area contributed by atoms with Crippen molar-refractivity contribution in [2.45, 2.75) is 19.8 Å². The van der Waals surface area contributed by atoms with E-state index in [0.29, 0.717) is 12.4 Å². The lowest BCUT2D eigenvalue weighted by Crippen LogP contribution is -2.25. The predicted octanol–water partition coefficient (Wildman–Crippen LogP) is 3.46. The van der Waals surface area contributed by atoms with Crippen LogP contribution in [0.15, 0.2) is 60.7 Å². The Morgan fingerprint density at radius 3 is 2.38 bits per heavy atom. The van der Waals surface area contributed by atoms with Crippen molar-refractivity contribution in [2.75, 3.05) is 6.54 Å². The molecule has 24 heavy (non-hydrogen) atoms. The van der Waals surface area contributed by atoms with Crippen LogP contribution in [0.4, 0.5) is 0 Å². The maximum Gasteiger partial charge on any atom is 0.290 e. The first-order valence-corrected chi connectivity index (χ1v) is 8.15. The Labute approximate surface area is 141 Å². The standard InChI is InChI=1S/C19H20N4O/c1-2-3-14-20-19(24)17-21-18(15-10-6-4-7-11-15)23(22-17)16-12-8-5-9-13-16/h4-13H,2-3,14H2,1H3,(H,20,24). The Kier molecular flexibility index (Phi) is 5.01. The van der Waals surface area contributed by atoms with Gasteiger partial charge in [0.05, 0.1) is 5.69 Å². The Balaban J connectivity index is 1.99. The third-order valence-corrected chi connectivity index (χ3v) is 3.66. The van der Waals surface area contributed by atoms with Gasteiger partial charge in [0.1, 0.15) is 0 Å². The van der Waals surface area contributed by atoms with Crippen LogP contribution in [-0.4, -0.2) is 27.2 Å².